The van der Waals surface area contributed by atoms with Crippen LogP contribution in [-0.4, -0.2) is 55.2 Å². The molecule has 1 aromatic heterocycles. The molecule has 1 N–H and O–H groups in total. The van der Waals surface area contributed by atoms with E-state index in [9.17, 15) is 0 Å². The Hall–Kier alpha value is -2.42. The third-order valence-corrected chi connectivity index (χ3v) is 6.10. The summed E-state index contributed by atoms with van der Waals surface area (Å²) in [7, 11) is 0. The molecule has 4 rings (SSSR count). The first-order chi connectivity index (χ1) is 13.8. The fraction of sp³-hybridized carbons (Fsp3) is 0.478. The van der Waals surface area contributed by atoms with Gasteiger partial charge in [0.05, 0.1) is 5.56 Å². The van der Waals surface area contributed by atoms with E-state index in [1.54, 1.807) is 6.20 Å². The Bertz CT molecular complexity index is 775. The van der Waals surface area contributed by atoms with E-state index in [-0.39, 0.29) is 0 Å². The molecule has 0 radical (unpaired) electrons. The summed E-state index contributed by atoms with van der Waals surface area (Å²) in [6, 6.07) is 17.5. The molecule has 5 nitrogen and oxygen atoms in total. The molecule has 28 heavy (non-hydrogen) atoms. The molecule has 2 aliphatic rings. The van der Waals surface area contributed by atoms with Gasteiger partial charge in [-0.1, -0.05) is 30.3 Å². The van der Waals surface area contributed by atoms with E-state index in [1.165, 1.54) is 25.1 Å². The Balaban J connectivity index is 1.16. The first-order valence-electron chi connectivity index (χ1n) is 10.4. The number of piperidine rings is 1. The normalized spacial score (nSPS) is 21.0. The van der Waals surface area contributed by atoms with Crippen molar-refractivity contribution in [2.75, 3.05) is 44.2 Å². The van der Waals surface area contributed by atoms with E-state index >= 15 is 0 Å². The van der Waals surface area contributed by atoms with Gasteiger partial charge in [-0.15, -0.1) is 0 Å². The molecule has 2 aliphatic heterocycles. The number of hydrogen-bond acceptors (Lipinski definition) is 5. The van der Waals surface area contributed by atoms with Crippen molar-refractivity contribution in [1.29, 1.82) is 5.26 Å². The minimum atomic E-state index is 0.599. The quantitative estimate of drug-likeness (QED) is 0.841. The summed E-state index contributed by atoms with van der Waals surface area (Å²) in [6.45, 7) is 6.66. The molecule has 146 valence electrons. The third-order valence-electron chi connectivity index (χ3n) is 6.10. The largest absolute Gasteiger partial charge is 0.357 e. The van der Waals surface area contributed by atoms with Gasteiger partial charge in [-0.05, 0) is 49.4 Å². The lowest BCUT2D eigenvalue weighted by Gasteiger charge is -2.33. The number of rotatable bonds is 6. The molecule has 0 spiro atoms. The van der Waals surface area contributed by atoms with Crippen molar-refractivity contribution < 1.29 is 0 Å². The lowest BCUT2D eigenvalue weighted by molar-refractivity contribution is 0.313. The SMILES string of the molecule is N#Cc1ccc(N2CCC(NCCN3CC[C@H](c4ccccc4)C3)CC2)nc1. The first-order valence-corrected chi connectivity index (χ1v) is 10.4. The van der Waals surface area contributed by atoms with Crippen LogP contribution in [0.2, 0.25) is 0 Å². The number of nitriles is 1. The zero-order valence-electron chi connectivity index (χ0n) is 16.4. The minimum absolute atomic E-state index is 0.599. The predicted molar refractivity (Wildman–Crippen MR) is 112 cm³/mol. The maximum atomic E-state index is 8.89. The Morgan fingerprint density at radius 1 is 1.04 bits per heavy atom. The van der Waals surface area contributed by atoms with Crippen molar-refractivity contribution in [1.82, 2.24) is 15.2 Å². The van der Waals surface area contributed by atoms with Gasteiger partial charge in [0.15, 0.2) is 0 Å². The molecular formula is C23H29N5. The van der Waals surface area contributed by atoms with Crippen LogP contribution in [0.15, 0.2) is 48.7 Å². The van der Waals surface area contributed by atoms with E-state index < -0.39 is 0 Å². The van der Waals surface area contributed by atoms with Crippen molar-refractivity contribution in [3.05, 3.63) is 59.8 Å². The summed E-state index contributed by atoms with van der Waals surface area (Å²) < 4.78 is 0. The Morgan fingerprint density at radius 3 is 2.57 bits per heavy atom. The minimum Gasteiger partial charge on any atom is -0.357 e. The molecule has 2 fully saturated rings. The highest BCUT2D eigenvalue weighted by Gasteiger charge is 2.24. The first kappa shape index (κ1) is 18.9. The second-order valence-corrected chi connectivity index (χ2v) is 7.93. The Morgan fingerprint density at radius 2 is 1.86 bits per heavy atom. The molecular weight excluding hydrogens is 346 g/mol. The average molecular weight is 376 g/mol. The van der Waals surface area contributed by atoms with Crippen molar-refractivity contribution >= 4 is 5.82 Å². The summed E-state index contributed by atoms with van der Waals surface area (Å²) in [6.07, 6.45) is 5.24. The second kappa shape index (κ2) is 9.18. The predicted octanol–water partition coefficient (Wildman–Crippen LogP) is 3.00. The van der Waals surface area contributed by atoms with Crippen LogP contribution < -0.4 is 10.2 Å². The summed E-state index contributed by atoms with van der Waals surface area (Å²) in [5.74, 6) is 1.69. The van der Waals surface area contributed by atoms with Crippen LogP contribution in [0.25, 0.3) is 0 Å². The Kier molecular flexibility index (Phi) is 6.20. The summed E-state index contributed by atoms with van der Waals surface area (Å²) >= 11 is 0. The number of anilines is 1. The lowest BCUT2D eigenvalue weighted by atomic mass is 9.99. The van der Waals surface area contributed by atoms with Crippen molar-refractivity contribution in [3.8, 4) is 6.07 Å². The average Bonchev–Trinajstić information content (AvgIpc) is 3.24. The van der Waals surface area contributed by atoms with Gasteiger partial charge in [0, 0.05) is 45.0 Å². The van der Waals surface area contributed by atoms with Crippen LogP contribution in [0.4, 0.5) is 5.82 Å². The number of pyridine rings is 1. The number of likely N-dealkylation sites (tertiary alicyclic amines) is 1. The second-order valence-electron chi connectivity index (χ2n) is 7.93. The number of hydrogen-bond donors (Lipinski definition) is 1. The van der Waals surface area contributed by atoms with Crippen LogP contribution in [-0.2, 0) is 0 Å². The molecule has 3 heterocycles. The summed E-state index contributed by atoms with van der Waals surface area (Å²) in [5, 5.41) is 12.7. The van der Waals surface area contributed by atoms with Gasteiger partial charge in [0.1, 0.15) is 11.9 Å². The lowest BCUT2D eigenvalue weighted by Crippen LogP contribution is -2.44. The molecule has 5 heteroatoms. The molecule has 1 aromatic carbocycles. The van der Waals surface area contributed by atoms with Crippen molar-refractivity contribution in [3.63, 3.8) is 0 Å². The summed E-state index contributed by atoms with van der Waals surface area (Å²) in [5.41, 5.74) is 2.11. The molecule has 1 atom stereocenters. The van der Waals surface area contributed by atoms with E-state index in [2.05, 4.69) is 56.5 Å². The van der Waals surface area contributed by atoms with Gasteiger partial charge in [-0.3, -0.25) is 0 Å². The van der Waals surface area contributed by atoms with Crippen LogP contribution in [0.1, 0.15) is 36.3 Å². The van der Waals surface area contributed by atoms with Crippen LogP contribution >= 0.6 is 0 Å². The number of benzene rings is 1. The molecule has 0 unspecified atom stereocenters. The smallest absolute Gasteiger partial charge is 0.128 e. The molecule has 0 amide bonds. The molecule has 2 saturated heterocycles. The highest BCUT2D eigenvalue weighted by molar-refractivity contribution is 5.42. The van der Waals surface area contributed by atoms with E-state index in [0.717, 1.165) is 44.8 Å². The highest BCUT2D eigenvalue weighted by atomic mass is 15.2. The monoisotopic (exact) mass is 375 g/mol. The number of aromatic nitrogens is 1. The van der Waals surface area contributed by atoms with Crippen LogP contribution in [0.5, 0.6) is 0 Å². The Labute approximate surface area is 168 Å². The van der Waals surface area contributed by atoms with Gasteiger partial charge >= 0.3 is 0 Å². The number of nitrogens with one attached hydrogen (secondary N) is 1. The fourth-order valence-corrected chi connectivity index (χ4v) is 4.41. The fourth-order valence-electron chi connectivity index (χ4n) is 4.41. The molecule has 0 aliphatic carbocycles. The summed E-state index contributed by atoms with van der Waals surface area (Å²) in [4.78, 5) is 9.34. The highest BCUT2D eigenvalue weighted by Crippen LogP contribution is 2.26. The van der Waals surface area contributed by atoms with E-state index in [4.69, 9.17) is 5.26 Å². The number of nitrogens with zero attached hydrogens (tertiary/aromatic N) is 4. The molecule has 0 saturated carbocycles. The van der Waals surface area contributed by atoms with E-state index in [0.29, 0.717) is 17.5 Å². The molecule has 2 aromatic rings. The van der Waals surface area contributed by atoms with Crippen molar-refractivity contribution in [2.45, 2.75) is 31.2 Å². The maximum absolute atomic E-state index is 8.89. The topological polar surface area (TPSA) is 55.2 Å². The van der Waals surface area contributed by atoms with Crippen molar-refractivity contribution in [2.24, 2.45) is 0 Å². The van der Waals surface area contributed by atoms with Gasteiger partial charge in [-0.25, -0.2) is 4.98 Å². The molecule has 0 bridgehead atoms. The van der Waals surface area contributed by atoms with Crippen LogP contribution in [0, 0.1) is 11.3 Å². The van der Waals surface area contributed by atoms with Crippen LogP contribution in [0.3, 0.4) is 0 Å². The third kappa shape index (κ3) is 4.70. The van der Waals surface area contributed by atoms with Gasteiger partial charge in [0.25, 0.3) is 0 Å². The maximum Gasteiger partial charge on any atom is 0.128 e. The zero-order valence-corrected chi connectivity index (χ0v) is 16.4. The van der Waals surface area contributed by atoms with Gasteiger partial charge in [0.2, 0.25) is 0 Å². The zero-order chi connectivity index (χ0) is 19.2. The van der Waals surface area contributed by atoms with Gasteiger partial charge < -0.3 is 15.1 Å². The standard InChI is InChI=1S/C23H29N5/c24-16-19-6-7-23(26-17-19)28-13-9-22(10-14-28)25-11-15-27-12-8-21(18-27)20-4-2-1-3-5-20/h1-7,17,21-22,25H,8-15,18H2/t21-/m0/s1. The van der Waals surface area contributed by atoms with E-state index in [1.807, 2.05) is 12.1 Å². The van der Waals surface area contributed by atoms with Gasteiger partial charge in [-0.2, -0.15) is 5.26 Å².